The number of anilines is 3. The Morgan fingerprint density at radius 3 is 2.68 bits per heavy atom. The predicted molar refractivity (Wildman–Crippen MR) is 119 cm³/mol. The highest BCUT2D eigenvalue weighted by Gasteiger charge is 2.33. The zero-order valence-corrected chi connectivity index (χ0v) is 19.0. The number of thiazole rings is 2. The molecule has 1 atom stereocenters. The zero-order chi connectivity index (χ0) is 22.0. The van der Waals surface area contributed by atoms with Gasteiger partial charge >= 0.3 is 5.97 Å². The standard InChI is InChI=1S/C20H22N6O3S2/c1-4-29-17(28)13-5-6-14-16(13)25-20(31-14)24-15(27)8-12-9-30-19(23-12)26-18-21-10(2)7-11(3)22-18/h7,9,13H,4-6,8H2,1-3H3,(H,24,25,27)(H,21,22,23,26). The van der Waals surface area contributed by atoms with Crippen molar-refractivity contribution in [3.63, 3.8) is 0 Å². The molecule has 3 heterocycles. The lowest BCUT2D eigenvalue weighted by Crippen LogP contribution is -2.16. The largest absolute Gasteiger partial charge is 0.465 e. The molecule has 0 saturated carbocycles. The number of nitrogens with one attached hydrogen (secondary N) is 2. The van der Waals surface area contributed by atoms with Crippen molar-refractivity contribution in [2.75, 3.05) is 17.2 Å². The second-order valence-electron chi connectivity index (χ2n) is 7.14. The van der Waals surface area contributed by atoms with Crippen LogP contribution in [0.15, 0.2) is 11.4 Å². The second-order valence-corrected chi connectivity index (χ2v) is 9.08. The van der Waals surface area contributed by atoms with E-state index in [-0.39, 0.29) is 24.2 Å². The van der Waals surface area contributed by atoms with Gasteiger partial charge in [-0.15, -0.1) is 22.7 Å². The van der Waals surface area contributed by atoms with Gasteiger partial charge in [-0.1, -0.05) is 0 Å². The van der Waals surface area contributed by atoms with Gasteiger partial charge in [0.15, 0.2) is 10.3 Å². The van der Waals surface area contributed by atoms with Gasteiger partial charge in [0.05, 0.1) is 24.4 Å². The molecule has 31 heavy (non-hydrogen) atoms. The van der Waals surface area contributed by atoms with E-state index in [1.807, 2.05) is 25.3 Å². The lowest BCUT2D eigenvalue weighted by Gasteiger charge is -2.07. The summed E-state index contributed by atoms with van der Waals surface area (Å²) >= 11 is 2.80. The summed E-state index contributed by atoms with van der Waals surface area (Å²) in [5, 5.41) is 8.85. The normalized spacial score (nSPS) is 14.9. The van der Waals surface area contributed by atoms with Crippen LogP contribution < -0.4 is 10.6 Å². The Labute approximate surface area is 187 Å². The molecule has 0 aliphatic heterocycles. The van der Waals surface area contributed by atoms with Crippen molar-refractivity contribution in [1.29, 1.82) is 0 Å². The molecule has 3 aromatic rings. The summed E-state index contributed by atoms with van der Waals surface area (Å²) in [6, 6.07) is 1.90. The van der Waals surface area contributed by atoms with Crippen LogP contribution in [0.1, 0.15) is 46.9 Å². The summed E-state index contributed by atoms with van der Waals surface area (Å²) in [5.41, 5.74) is 3.11. The third-order valence-electron chi connectivity index (χ3n) is 4.63. The van der Waals surface area contributed by atoms with Crippen LogP contribution in [0.5, 0.6) is 0 Å². The first-order valence-corrected chi connectivity index (χ1v) is 11.6. The van der Waals surface area contributed by atoms with E-state index >= 15 is 0 Å². The first kappa shape index (κ1) is 21.3. The maximum atomic E-state index is 12.5. The molecule has 3 aromatic heterocycles. The second kappa shape index (κ2) is 9.06. The van der Waals surface area contributed by atoms with Gasteiger partial charge in [0.2, 0.25) is 11.9 Å². The molecule has 1 aliphatic rings. The highest BCUT2D eigenvalue weighted by molar-refractivity contribution is 7.16. The Kier molecular flexibility index (Phi) is 6.23. The number of nitrogens with zero attached hydrogens (tertiary/aromatic N) is 4. The van der Waals surface area contributed by atoms with E-state index in [9.17, 15) is 9.59 Å². The van der Waals surface area contributed by atoms with Crippen molar-refractivity contribution >= 4 is 50.8 Å². The number of rotatable bonds is 7. The number of carbonyl (C=O) groups excluding carboxylic acids is 2. The number of hydrogen-bond donors (Lipinski definition) is 2. The average Bonchev–Trinajstić information content (AvgIpc) is 3.37. The molecule has 11 heteroatoms. The number of ether oxygens (including phenoxy) is 1. The minimum atomic E-state index is -0.337. The first-order valence-electron chi connectivity index (χ1n) is 9.91. The number of aryl methyl sites for hydroxylation is 3. The summed E-state index contributed by atoms with van der Waals surface area (Å²) < 4.78 is 5.13. The number of hydrogen-bond acceptors (Lipinski definition) is 10. The molecular formula is C20H22N6O3S2. The Balaban J connectivity index is 1.36. The minimum absolute atomic E-state index is 0.122. The van der Waals surface area contributed by atoms with Gasteiger partial charge in [-0.05, 0) is 39.7 Å². The molecule has 0 radical (unpaired) electrons. The monoisotopic (exact) mass is 458 g/mol. The van der Waals surface area contributed by atoms with E-state index in [4.69, 9.17) is 4.74 Å². The van der Waals surface area contributed by atoms with E-state index in [2.05, 4.69) is 30.6 Å². The number of fused-ring (bicyclic) bond motifs is 1. The molecule has 0 bridgehead atoms. The Morgan fingerprint density at radius 1 is 1.16 bits per heavy atom. The van der Waals surface area contributed by atoms with Crippen LogP contribution in [0.3, 0.4) is 0 Å². The third-order valence-corrected chi connectivity index (χ3v) is 6.48. The Bertz CT molecular complexity index is 1110. The van der Waals surface area contributed by atoms with Gasteiger partial charge in [0, 0.05) is 21.6 Å². The Hall–Kier alpha value is -2.92. The molecule has 0 spiro atoms. The molecule has 9 nitrogen and oxygen atoms in total. The smallest absolute Gasteiger partial charge is 0.315 e. The van der Waals surface area contributed by atoms with Crippen LogP contribution >= 0.6 is 22.7 Å². The van der Waals surface area contributed by atoms with Crippen LogP contribution in [-0.2, 0) is 27.2 Å². The van der Waals surface area contributed by atoms with E-state index in [1.54, 1.807) is 6.92 Å². The molecule has 1 amide bonds. The summed E-state index contributed by atoms with van der Waals surface area (Å²) in [5.74, 6) is -0.313. The van der Waals surface area contributed by atoms with E-state index in [1.165, 1.54) is 22.7 Å². The first-order chi connectivity index (χ1) is 14.9. The van der Waals surface area contributed by atoms with Gasteiger partial charge in [-0.2, -0.15) is 0 Å². The Morgan fingerprint density at radius 2 is 1.94 bits per heavy atom. The maximum absolute atomic E-state index is 12.5. The fourth-order valence-electron chi connectivity index (χ4n) is 3.40. The van der Waals surface area contributed by atoms with E-state index in [0.717, 1.165) is 28.4 Å². The summed E-state index contributed by atoms with van der Waals surface area (Å²) in [4.78, 5) is 43.2. The van der Waals surface area contributed by atoms with Crippen molar-refractivity contribution < 1.29 is 14.3 Å². The van der Waals surface area contributed by atoms with Crippen molar-refractivity contribution in [2.45, 2.75) is 46.0 Å². The highest BCUT2D eigenvalue weighted by Crippen LogP contribution is 2.39. The lowest BCUT2D eigenvalue weighted by atomic mass is 10.1. The SMILES string of the molecule is CCOC(=O)C1CCc2sc(NC(=O)Cc3csc(Nc4nc(C)cc(C)n4)n3)nc21. The molecule has 2 N–H and O–H groups in total. The molecule has 0 fully saturated rings. The van der Waals surface area contributed by atoms with Crippen molar-refractivity contribution in [2.24, 2.45) is 0 Å². The van der Waals surface area contributed by atoms with Gasteiger partial charge < -0.3 is 15.4 Å². The minimum Gasteiger partial charge on any atom is -0.465 e. The molecule has 0 saturated heterocycles. The quantitative estimate of drug-likeness (QED) is 0.516. The molecule has 1 unspecified atom stereocenters. The highest BCUT2D eigenvalue weighted by atomic mass is 32.1. The molecule has 1 aliphatic carbocycles. The van der Waals surface area contributed by atoms with Crippen LogP contribution in [0, 0.1) is 13.8 Å². The third kappa shape index (κ3) is 5.05. The fraction of sp³-hybridized carbons (Fsp3) is 0.400. The van der Waals surface area contributed by atoms with E-state index < -0.39 is 0 Å². The van der Waals surface area contributed by atoms with Crippen LogP contribution in [0.4, 0.5) is 16.2 Å². The number of esters is 1. The van der Waals surface area contributed by atoms with Gasteiger partial charge in [-0.25, -0.2) is 19.9 Å². The van der Waals surface area contributed by atoms with Crippen molar-refractivity contribution in [3.05, 3.63) is 39.1 Å². The summed E-state index contributed by atoms with van der Waals surface area (Å²) in [6.45, 7) is 5.94. The molecule has 0 aromatic carbocycles. The number of amides is 1. The zero-order valence-electron chi connectivity index (χ0n) is 17.4. The van der Waals surface area contributed by atoms with Crippen LogP contribution in [0.25, 0.3) is 0 Å². The average molecular weight is 459 g/mol. The maximum Gasteiger partial charge on any atom is 0.315 e. The van der Waals surface area contributed by atoms with E-state index in [0.29, 0.717) is 34.9 Å². The van der Waals surface area contributed by atoms with Gasteiger partial charge in [0.1, 0.15) is 5.92 Å². The molecule has 4 rings (SSSR count). The summed E-state index contributed by atoms with van der Waals surface area (Å²) in [7, 11) is 0. The molecule has 162 valence electrons. The fourth-order valence-corrected chi connectivity index (χ4v) is 5.16. The van der Waals surface area contributed by atoms with Crippen molar-refractivity contribution in [3.8, 4) is 0 Å². The van der Waals surface area contributed by atoms with Crippen LogP contribution in [0.2, 0.25) is 0 Å². The lowest BCUT2D eigenvalue weighted by molar-refractivity contribution is -0.145. The number of carbonyl (C=O) groups is 2. The van der Waals surface area contributed by atoms with Crippen LogP contribution in [-0.4, -0.2) is 38.4 Å². The topological polar surface area (TPSA) is 119 Å². The predicted octanol–water partition coefficient (Wildman–Crippen LogP) is 3.52. The molecular weight excluding hydrogens is 436 g/mol. The summed E-state index contributed by atoms with van der Waals surface area (Å²) in [6.07, 6.45) is 1.60. The van der Waals surface area contributed by atoms with Crippen molar-refractivity contribution in [1.82, 2.24) is 19.9 Å². The van der Waals surface area contributed by atoms with Gasteiger partial charge in [0.25, 0.3) is 0 Å². The van der Waals surface area contributed by atoms with Gasteiger partial charge in [-0.3, -0.25) is 9.59 Å². The number of aromatic nitrogens is 4.